The van der Waals surface area contributed by atoms with Crippen LogP contribution in [0.2, 0.25) is 0 Å². The molecule has 4 unspecified atom stereocenters. The highest BCUT2D eigenvalue weighted by Crippen LogP contribution is 2.07. The van der Waals surface area contributed by atoms with Crippen molar-refractivity contribution in [1.82, 2.24) is 25.9 Å². The molecule has 1 heterocycles. The number of carbonyl (C=O) groups excluding carboxylic acids is 3. The van der Waals surface area contributed by atoms with Crippen LogP contribution in [0.4, 0.5) is 0 Å². The number of thiol groups is 1. The molecule has 14 heteroatoms. The number of nitrogens with two attached hydrogens (primary N) is 2. The minimum absolute atomic E-state index is 0.00363. The molecule has 9 N–H and O–H groups in total. The number of imidazole rings is 1. The number of rotatable bonds is 17. The first-order valence-corrected chi connectivity index (χ1v) is 12.9. The highest BCUT2D eigenvalue weighted by molar-refractivity contribution is 7.98. The van der Waals surface area contributed by atoms with E-state index in [2.05, 4.69) is 38.5 Å². The molecule has 0 fully saturated rings. The fourth-order valence-corrected chi connectivity index (χ4v) is 3.63. The maximum absolute atomic E-state index is 13.0. The van der Waals surface area contributed by atoms with Gasteiger partial charge in [-0.15, -0.1) is 0 Å². The Bertz CT molecular complexity index is 781. The third-order valence-electron chi connectivity index (χ3n) is 4.95. The number of aromatic amines is 1. The molecule has 34 heavy (non-hydrogen) atoms. The first-order valence-electron chi connectivity index (χ1n) is 10.9. The maximum atomic E-state index is 13.0. The van der Waals surface area contributed by atoms with Crippen LogP contribution in [0.1, 0.15) is 31.4 Å². The first-order chi connectivity index (χ1) is 16.2. The van der Waals surface area contributed by atoms with Crippen molar-refractivity contribution >= 4 is 48.1 Å². The van der Waals surface area contributed by atoms with Crippen LogP contribution in [-0.2, 0) is 25.6 Å². The van der Waals surface area contributed by atoms with Crippen molar-refractivity contribution < 1.29 is 24.3 Å². The lowest BCUT2D eigenvalue weighted by Crippen LogP contribution is -2.57. The molecule has 192 valence electrons. The molecule has 0 aliphatic carbocycles. The number of thioether (sulfide) groups is 1. The Balaban J connectivity index is 2.92. The van der Waals surface area contributed by atoms with Gasteiger partial charge in [0.25, 0.3) is 0 Å². The molecular formula is C20H35N7O5S2. The van der Waals surface area contributed by atoms with Gasteiger partial charge in [0.05, 0.1) is 12.4 Å². The van der Waals surface area contributed by atoms with E-state index < -0.39 is 47.9 Å². The van der Waals surface area contributed by atoms with Gasteiger partial charge in [0.15, 0.2) is 0 Å². The number of amides is 3. The van der Waals surface area contributed by atoms with E-state index in [1.807, 2.05) is 6.26 Å². The third-order valence-corrected chi connectivity index (χ3v) is 5.99. The summed E-state index contributed by atoms with van der Waals surface area (Å²) in [4.78, 5) is 56.5. The number of carboxylic acids is 1. The molecule has 0 aliphatic heterocycles. The third kappa shape index (κ3) is 10.8. The van der Waals surface area contributed by atoms with Crippen molar-refractivity contribution in [3.05, 3.63) is 18.2 Å². The zero-order valence-corrected chi connectivity index (χ0v) is 20.9. The zero-order chi connectivity index (χ0) is 25.5. The fraction of sp³-hybridized carbons (Fsp3) is 0.650. The van der Waals surface area contributed by atoms with Crippen LogP contribution in [0.5, 0.6) is 0 Å². The number of aliphatic carboxylic acids is 1. The van der Waals surface area contributed by atoms with Gasteiger partial charge < -0.3 is 37.5 Å². The van der Waals surface area contributed by atoms with Crippen LogP contribution in [-0.4, -0.2) is 87.2 Å². The van der Waals surface area contributed by atoms with Gasteiger partial charge in [0.1, 0.15) is 18.1 Å². The topological polar surface area (TPSA) is 205 Å². The number of unbranched alkanes of at least 4 members (excludes halogenated alkanes) is 1. The second-order valence-electron chi connectivity index (χ2n) is 7.66. The van der Waals surface area contributed by atoms with E-state index in [1.54, 1.807) is 0 Å². The molecule has 3 amide bonds. The Labute approximate surface area is 208 Å². The lowest BCUT2D eigenvalue weighted by molar-refractivity contribution is -0.142. The van der Waals surface area contributed by atoms with Crippen LogP contribution in [0.25, 0.3) is 0 Å². The molecule has 0 aromatic carbocycles. The van der Waals surface area contributed by atoms with Gasteiger partial charge in [-0.3, -0.25) is 14.4 Å². The van der Waals surface area contributed by atoms with Crippen molar-refractivity contribution in [3.8, 4) is 0 Å². The summed E-state index contributed by atoms with van der Waals surface area (Å²) in [7, 11) is 0. The number of carboxylic acid groups (broad SMARTS) is 1. The molecule has 1 aromatic heterocycles. The summed E-state index contributed by atoms with van der Waals surface area (Å²) in [6, 6.07) is -4.01. The van der Waals surface area contributed by atoms with Gasteiger partial charge in [-0.1, -0.05) is 0 Å². The van der Waals surface area contributed by atoms with E-state index in [-0.39, 0.29) is 18.6 Å². The SMILES string of the molecule is CSCCC(NC(=O)C(CCCCN)NC(=O)C(N)CS)C(=O)NC(Cc1cnc[nH]1)C(=O)O. The van der Waals surface area contributed by atoms with E-state index in [1.165, 1.54) is 24.3 Å². The Hall–Kier alpha value is -2.29. The van der Waals surface area contributed by atoms with Crippen molar-refractivity contribution in [2.24, 2.45) is 11.5 Å². The van der Waals surface area contributed by atoms with E-state index in [0.29, 0.717) is 37.3 Å². The lowest BCUT2D eigenvalue weighted by Gasteiger charge is -2.25. The van der Waals surface area contributed by atoms with Crippen molar-refractivity contribution in [2.75, 3.05) is 24.3 Å². The molecule has 1 rings (SSSR count). The van der Waals surface area contributed by atoms with Crippen LogP contribution in [0.3, 0.4) is 0 Å². The largest absolute Gasteiger partial charge is 0.480 e. The minimum atomic E-state index is -1.22. The van der Waals surface area contributed by atoms with Gasteiger partial charge in [-0.05, 0) is 44.2 Å². The number of H-pyrrole nitrogens is 1. The molecule has 1 aromatic rings. The molecule has 12 nitrogen and oxygen atoms in total. The predicted octanol–water partition coefficient (Wildman–Crippen LogP) is -1.37. The van der Waals surface area contributed by atoms with E-state index >= 15 is 0 Å². The number of hydrogen-bond acceptors (Lipinski definition) is 9. The van der Waals surface area contributed by atoms with Crippen LogP contribution in [0, 0.1) is 0 Å². The molecule has 0 aliphatic rings. The molecular weight excluding hydrogens is 482 g/mol. The maximum Gasteiger partial charge on any atom is 0.326 e. The average Bonchev–Trinajstić information content (AvgIpc) is 3.32. The Morgan fingerprint density at radius 3 is 2.24 bits per heavy atom. The van der Waals surface area contributed by atoms with Gasteiger partial charge in [0.2, 0.25) is 17.7 Å². The normalized spacial score (nSPS) is 14.5. The Kier molecular flexibility index (Phi) is 14.3. The number of nitrogens with zero attached hydrogens (tertiary/aromatic N) is 1. The first kappa shape index (κ1) is 29.7. The quantitative estimate of drug-likeness (QED) is 0.0905. The van der Waals surface area contributed by atoms with Gasteiger partial charge in [-0.2, -0.15) is 24.4 Å². The molecule has 4 atom stereocenters. The predicted molar refractivity (Wildman–Crippen MR) is 133 cm³/mol. The smallest absolute Gasteiger partial charge is 0.326 e. The second-order valence-corrected chi connectivity index (χ2v) is 9.01. The van der Waals surface area contributed by atoms with E-state index in [9.17, 15) is 24.3 Å². The molecule has 0 spiro atoms. The summed E-state index contributed by atoms with van der Waals surface area (Å²) in [5.74, 6) is -2.28. The van der Waals surface area contributed by atoms with E-state index in [0.717, 1.165) is 0 Å². The fourth-order valence-electron chi connectivity index (χ4n) is 2.99. The lowest BCUT2D eigenvalue weighted by atomic mass is 10.1. The Morgan fingerprint density at radius 1 is 1.09 bits per heavy atom. The highest BCUT2D eigenvalue weighted by Gasteiger charge is 2.30. The molecule has 0 radical (unpaired) electrons. The number of nitrogens with one attached hydrogen (secondary N) is 4. The van der Waals surface area contributed by atoms with Gasteiger partial charge in [0, 0.05) is 24.1 Å². The van der Waals surface area contributed by atoms with E-state index in [4.69, 9.17) is 11.5 Å². The molecule has 0 saturated carbocycles. The van der Waals surface area contributed by atoms with Crippen molar-refractivity contribution in [1.29, 1.82) is 0 Å². The van der Waals surface area contributed by atoms with Crippen LogP contribution < -0.4 is 27.4 Å². The highest BCUT2D eigenvalue weighted by atomic mass is 32.2. The van der Waals surface area contributed by atoms with Gasteiger partial charge in [-0.25, -0.2) is 9.78 Å². The summed E-state index contributed by atoms with van der Waals surface area (Å²) in [6.07, 6.45) is 6.56. The van der Waals surface area contributed by atoms with Crippen LogP contribution >= 0.6 is 24.4 Å². The van der Waals surface area contributed by atoms with Gasteiger partial charge >= 0.3 is 5.97 Å². The molecule has 0 saturated heterocycles. The number of carbonyl (C=O) groups is 4. The summed E-state index contributed by atoms with van der Waals surface area (Å²) < 4.78 is 0. The zero-order valence-electron chi connectivity index (χ0n) is 19.2. The van der Waals surface area contributed by atoms with Crippen molar-refractivity contribution in [3.63, 3.8) is 0 Å². The number of hydrogen-bond donors (Lipinski definition) is 8. The molecule has 0 bridgehead atoms. The number of aromatic nitrogens is 2. The summed E-state index contributed by atoms with van der Waals surface area (Å²) in [5.41, 5.74) is 11.8. The average molecular weight is 518 g/mol. The summed E-state index contributed by atoms with van der Waals surface area (Å²) >= 11 is 5.48. The van der Waals surface area contributed by atoms with Crippen molar-refractivity contribution in [2.45, 2.75) is 56.3 Å². The Morgan fingerprint density at radius 2 is 1.71 bits per heavy atom. The second kappa shape index (κ2) is 16.4. The summed E-state index contributed by atoms with van der Waals surface area (Å²) in [6.45, 7) is 0.435. The standard InChI is InChI=1S/C20H35N7O5S2/c1-34-7-5-15(19(30)27-16(20(31)32)8-12-9-23-11-24-12)26-18(29)14(4-2-3-6-21)25-17(28)13(22)10-33/h9,11,13-16,33H,2-8,10,21-22H2,1H3,(H,23,24)(H,25,28)(H,26,29)(H,27,30)(H,31,32). The summed E-state index contributed by atoms with van der Waals surface area (Å²) in [5, 5.41) is 17.3. The minimum Gasteiger partial charge on any atom is -0.480 e. The van der Waals surface area contributed by atoms with Crippen LogP contribution in [0.15, 0.2) is 12.5 Å². The monoisotopic (exact) mass is 517 g/mol.